The molecule has 1 aromatic heterocycles. The fraction of sp³-hybridized carbons (Fsp3) is 0.708. The summed E-state index contributed by atoms with van der Waals surface area (Å²) in [6.45, 7) is 6.86. The van der Waals surface area contributed by atoms with E-state index in [9.17, 15) is 9.59 Å². The molecule has 0 radical (unpaired) electrons. The molecule has 2 atom stereocenters. The van der Waals surface area contributed by atoms with Gasteiger partial charge in [0.05, 0.1) is 33.4 Å². The van der Waals surface area contributed by atoms with Gasteiger partial charge in [-0.3, -0.25) is 9.59 Å². The molecule has 0 spiro atoms. The summed E-state index contributed by atoms with van der Waals surface area (Å²) >= 11 is 0. The Labute approximate surface area is 190 Å². The Kier molecular flexibility index (Phi) is 8.87. The number of nitrogens with zero attached hydrogens (tertiary/aromatic N) is 2. The van der Waals surface area contributed by atoms with Gasteiger partial charge >= 0.3 is 5.97 Å². The number of methoxy groups -OCH3 is 1. The van der Waals surface area contributed by atoms with Crippen LogP contribution in [-0.2, 0) is 23.8 Å². The first kappa shape index (κ1) is 24.5. The number of esters is 1. The standard InChI is InChI=1S/C24H36N2O6/c1-4-30-22(27)16-19(20-7-8-21(29-3)25-17-20)6-5-12-26-13-10-18(23(26)28)9-11-24(2)31-14-15-32-24/h7-8,17-19H,4-6,9-16H2,1-3H3/t18-,19?/m0/s1. The molecular formula is C24H36N2O6. The van der Waals surface area contributed by atoms with Gasteiger partial charge in [-0.05, 0) is 51.0 Å². The van der Waals surface area contributed by atoms with Gasteiger partial charge in [0.25, 0.3) is 0 Å². The maximum absolute atomic E-state index is 12.8. The van der Waals surface area contributed by atoms with Crippen molar-refractivity contribution in [3.8, 4) is 5.88 Å². The fourth-order valence-electron chi connectivity index (χ4n) is 4.52. The van der Waals surface area contributed by atoms with Crippen LogP contribution in [0, 0.1) is 5.92 Å². The van der Waals surface area contributed by atoms with Crippen LogP contribution in [0.15, 0.2) is 18.3 Å². The van der Waals surface area contributed by atoms with Gasteiger partial charge in [-0.15, -0.1) is 0 Å². The summed E-state index contributed by atoms with van der Waals surface area (Å²) in [5.41, 5.74) is 0.981. The maximum atomic E-state index is 12.8. The average Bonchev–Trinajstić information content (AvgIpc) is 3.38. The Morgan fingerprint density at radius 1 is 1.34 bits per heavy atom. The molecule has 32 heavy (non-hydrogen) atoms. The zero-order valence-electron chi connectivity index (χ0n) is 19.5. The number of carbonyl (C=O) groups is 2. The topological polar surface area (TPSA) is 87.2 Å². The van der Waals surface area contributed by atoms with E-state index in [2.05, 4.69) is 4.98 Å². The highest BCUT2D eigenvalue weighted by Gasteiger charge is 2.36. The van der Waals surface area contributed by atoms with Crippen molar-refractivity contribution < 1.29 is 28.5 Å². The summed E-state index contributed by atoms with van der Waals surface area (Å²) in [6, 6.07) is 3.75. The normalized spacial score (nSPS) is 21.0. The molecule has 2 aliphatic heterocycles. The van der Waals surface area contributed by atoms with Crippen molar-refractivity contribution in [1.82, 2.24) is 9.88 Å². The van der Waals surface area contributed by atoms with Crippen molar-refractivity contribution in [3.05, 3.63) is 23.9 Å². The second kappa shape index (κ2) is 11.6. The lowest BCUT2D eigenvalue weighted by Crippen LogP contribution is -2.30. The lowest BCUT2D eigenvalue weighted by Gasteiger charge is -2.24. The molecule has 1 unspecified atom stereocenters. The van der Waals surface area contributed by atoms with Crippen LogP contribution >= 0.6 is 0 Å². The molecule has 0 N–H and O–H groups in total. The van der Waals surface area contributed by atoms with Gasteiger partial charge < -0.3 is 23.8 Å². The zero-order valence-corrected chi connectivity index (χ0v) is 19.5. The largest absolute Gasteiger partial charge is 0.481 e. The van der Waals surface area contributed by atoms with Crippen LogP contribution in [0.1, 0.15) is 63.9 Å². The van der Waals surface area contributed by atoms with E-state index in [0.29, 0.717) is 38.7 Å². The van der Waals surface area contributed by atoms with Gasteiger partial charge in [-0.2, -0.15) is 0 Å². The maximum Gasteiger partial charge on any atom is 0.306 e. The molecule has 0 bridgehead atoms. The van der Waals surface area contributed by atoms with Crippen molar-refractivity contribution in [2.75, 3.05) is 40.0 Å². The van der Waals surface area contributed by atoms with E-state index in [1.165, 1.54) is 0 Å². The van der Waals surface area contributed by atoms with Crippen molar-refractivity contribution in [1.29, 1.82) is 0 Å². The molecule has 2 saturated heterocycles. The highest BCUT2D eigenvalue weighted by Crippen LogP contribution is 2.31. The lowest BCUT2D eigenvalue weighted by molar-refractivity contribution is -0.151. The van der Waals surface area contributed by atoms with Gasteiger partial charge in [0.2, 0.25) is 11.8 Å². The summed E-state index contributed by atoms with van der Waals surface area (Å²) in [5.74, 6) is 0.0495. The number of carbonyl (C=O) groups excluding carboxylic acids is 2. The number of amides is 1. The molecule has 0 aliphatic carbocycles. The molecule has 0 saturated carbocycles. The number of hydrogen-bond donors (Lipinski definition) is 0. The van der Waals surface area contributed by atoms with E-state index in [0.717, 1.165) is 44.2 Å². The molecular weight excluding hydrogens is 412 g/mol. The zero-order chi connectivity index (χ0) is 23.0. The predicted molar refractivity (Wildman–Crippen MR) is 118 cm³/mol. The lowest BCUT2D eigenvalue weighted by atomic mass is 9.92. The first-order valence-corrected chi connectivity index (χ1v) is 11.7. The Balaban J connectivity index is 1.49. The molecule has 3 rings (SSSR count). The minimum Gasteiger partial charge on any atom is -0.481 e. The molecule has 2 aliphatic rings. The van der Waals surface area contributed by atoms with E-state index < -0.39 is 5.79 Å². The SMILES string of the molecule is CCOC(=O)CC(CCCN1CC[C@H](CCC2(C)OCCO2)C1=O)c1ccc(OC)nc1. The minimum atomic E-state index is -0.541. The fourth-order valence-corrected chi connectivity index (χ4v) is 4.52. The summed E-state index contributed by atoms with van der Waals surface area (Å²) in [7, 11) is 1.58. The van der Waals surface area contributed by atoms with Crippen LogP contribution in [0.5, 0.6) is 5.88 Å². The van der Waals surface area contributed by atoms with E-state index >= 15 is 0 Å². The third kappa shape index (κ3) is 6.65. The molecule has 3 heterocycles. The predicted octanol–water partition coefficient (Wildman–Crippen LogP) is 3.30. The Bertz CT molecular complexity index is 747. The van der Waals surface area contributed by atoms with Gasteiger partial charge in [0.15, 0.2) is 5.79 Å². The van der Waals surface area contributed by atoms with Gasteiger partial charge in [-0.25, -0.2) is 4.98 Å². The third-order valence-corrected chi connectivity index (χ3v) is 6.39. The minimum absolute atomic E-state index is 0.00225. The summed E-state index contributed by atoms with van der Waals surface area (Å²) in [6.07, 6.45) is 6.06. The van der Waals surface area contributed by atoms with Crippen molar-refractivity contribution in [2.24, 2.45) is 5.92 Å². The van der Waals surface area contributed by atoms with Crippen molar-refractivity contribution in [3.63, 3.8) is 0 Å². The number of rotatable bonds is 12. The van der Waals surface area contributed by atoms with E-state index in [1.54, 1.807) is 19.4 Å². The smallest absolute Gasteiger partial charge is 0.306 e. The second-order valence-electron chi connectivity index (χ2n) is 8.66. The number of hydrogen-bond acceptors (Lipinski definition) is 7. The number of ether oxygens (including phenoxy) is 4. The van der Waals surface area contributed by atoms with E-state index in [4.69, 9.17) is 18.9 Å². The highest BCUT2D eigenvalue weighted by atomic mass is 16.7. The van der Waals surface area contributed by atoms with Crippen LogP contribution in [0.3, 0.4) is 0 Å². The van der Waals surface area contributed by atoms with Gasteiger partial charge in [0.1, 0.15) is 0 Å². The van der Waals surface area contributed by atoms with Crippen LogP contribution in [0.25, 0.3) is 0 Å². The first-order chi connectivity index (χ1) is 15.4. The summed E-state index contributed by atoms with van der Waals surface area (Å²) in [4.78, 5) is 31.2. The first-order valence-electron chi connectivity index (χ1n) is 11.7. The molecule has 178 valence electrons. The highest BCUT2D eigenvalue weighted by molar-refractivity contribution is 5.80. The Morgan fingerprint density at radius 2 is 2.12 bits per heavy atom. The quantitative estimate of drug-likeness (QED) is 0.454. The van der Waals surface area contributed by atoms with Crippen LogP contribution in [0.4, 0.5) is 0 Å². The Morgan fingerprint density at radius 3 is 2.78 bits per heavy atom. The number of pyridine rings is 1. The molecule has 8 nitrogen and oxygen atoms in total. The monoisotopic (exact) mass is 448 g/mol. The molecule has 1 amide bonds. The number of aromatic nitrogens is 1. The van der Waals surface area contributed by atoms with Crippen molar-refractivity contribution >= 4 is 11.9 Å². The van der Waals surface area contributed by atoms with E-state index in [-0.39, 0.29) is 23.7 Å². The summed E-state index contributed by atoms with van der Waals surface area (Å²) < 4.78 is 21.6. The van der Waals surface area contributed by atoms with Gasteiger partial charge in [0, 0.05) is 37.7 Å². The Hall–Kier alpha value is -2.19. The van der Waals surface area contributed by atoms with Crippen LogP contribution in [-0.4, -0.2) is 67.6 Å². The van der Waals surface area contributed by atoms with Crippen LogP contribution < -0.4 is 4.74 Å². The van der Waals surface area contributed by atoms with E-state index in [1.807, 2.05) is 24.8 Å². The molecule has 1 aromatic rings. The van der Waals surface area contributed by atoms with Crippen LogP contribution in [0.2, 0.25) is 0 Å². The molecule has 8 heteroatoms. The molecule has 2 fully saturated rings. The number of likely N-dealkylation sites (tertiary alicyclic amines) is 1. The molecule has 0 aromatic carbocycles. The summed E-state index contributed by atoms with van der Waals surface area (Å²) in [5, 5.41) is 0. The van der Waals surface area contributed by atoms with Gasteiger partial charge in [-0.1, -0.05) is 6.07 Å². The average molecular weight is 449 g/mol. The third-order valence-electron chi connectivity index (χ3n) is 6.39. The van der Waals surface area contributed by atoms with Crippen molar-refractivity contribution in [2.45, 2.75) is 64.1 Å². The second-order valence-corrected chi connectivity index (χ2v) is 8.66.